The van der Waals surface area contributed by atoms with Crippen LogP contribution in [0.15, 0.2) is 30.3 Å². The van der Waals surface area contributed by atoms with Crippen molar-refractivity contribution in [2.24, 2.45) is 0 Å². The molecule has 0 aliphatic carbocycles. The molecule has 1 aromatic heterocycles. The van der Waals surface area contributed by atoms with E-state index in [2.05, 4.69) is 20.1 Å². The minimum atomic E-state index is -0.920. The monoisotopic (exact) mass is 631 g/mol. The van der Waals surface area contributed by atoms with Crippen LogP contribution in [-0.2, 0) is 6.42 Å². The van der Waals surface area contributed by atoms with E-state index in [4.69, 9.17) is 14.5 Å². The minimum absolute atomic E-state index is 0.0185. The average molecular weight is 632 g/mol. The number of phenolic OH excluding ortho intramolecular Hbond substituents is 1. The van der Waals surface area contributed by atoms with Crippen molar-refractivity contribution in [2.75, 3.05) is 37.7 Å². The molecule has 6 heterocycles. The van der Waals surface area contributed by atoms with Crippen molar-refractivity contribution in [1.29, 1.82) is 0 Å². The van der Waals surface area contributed by atoms with Crippen LogP contribution in [0.5, 0.6) is 17.5 Å². The number of benzene rings is 3. The van der Waals surface area contributed by atoms with E-state index in [0.29, 0.717) is 42.5 Å². The summed E-state index contributed by atoms with van der Waals surface area (Å²) in [7, 11) is 0. The van der Waals surface area contributed by atoms with Gasteiger partial charge in [-0.05, 0) is 72.7 Å². The number of piperazine rings is 1. The fraction of sp³-hybridized carbons (Fsp3) is 0.486. The molecule has 9 rings (SSSR count). The summed E-state index contributed by atoms with van der Waals surface area (Å²) in [6.45, 7) is 4.16. The molecule has 4 fully saturated rings. The molecule has 8 nitrogen and oxygen atoms in total. The Morgan fingerprint density at radius 1 is 1.13 bits per heavy atom. The third-order valence-corrected chi connectivity index (χ3v) is 11.1. The summed E-state index contributed by atoms with van der Waals surface area (Å²) in [5.41, 5.74) is 0.276. The molecular formula is C35H36F3N5O3. The minimum Gasteiger partial charge on any atom is -0.508 e. The number of nitrogens with zero attached hydrogens (tertiary/aromatic N) is 4. The lowest BCUT2D eigenvalue weighted by Gasteiger charge is -2.40. The van der Waals surface area contributed by atoms with Gasteiger partial charge < -0.3 is 24.8 Å². The van der Waals surface area contributed by atoms with Crippen molar-refractivity contribution < 1.29 is 27.8 Å². The molecule has 0 amide bonds. The number of nitrogens with one attached hydrogen (secondary N) is 1. The van der Waals surface area contributed by atoms with Crippen molar-refractivity contribution in [1.82, 2.24) is 20.2 Å². The van der Waals surface area contributed by atoms with Gasteiger partial charge in [-0.3, -0.25) is 4.90 Å². The Morgan fingerprint density at radius 2 is 2.02 bits per heavy atom. The zero-order valence-corrected chi connectivity index (χ0v) is 25.7. The van der Waals surface area contributed by atoms with E-state index in [0.717, 1.165) is 37.8 Å². The molecule has 0 saturated carbocycles. The summed E-state index contributed by atoms with van der Waals surface area (Å²) in [5, 5.41) is 15.9. The number of hydrogen-bond donors (Lipinski definition) is 2. The summed E-state index contributed by atoms with van der Waals surface area (Å²) in [5.74, 6) is -1.52. The molecule has 5 aliphatic heterocycles. The van der Waals surface area contributed by atoms with E-state index >= 15 is 8.78 Å². The highest BCUT2D eigenvalue weighted by atomic mass is 19.1. The van der Waals surface area contributed by atoms with Gasteiger partial charge in [0, 0.05) is 31.6 Å². The van der Waals surface area contributed by atoms with Crippen molar-refractivity contribution in [3.8, 4) is 28.6 Å². The molecule has 240 valence electrons. The van der Waals surface area contributed by atoms with Gasteiger partial charge in [0.2, 0.25) is 0 Å². The summed E-state index contributed by atoms with van der Waals surface area (Å²) >= 11 is 0. The molecule has 2 bridgehead atoms. The maximum Gasteiger partial charge on any atom is 0.319 e. The standard InChI is InChI=1S/C35H36F3N5O3/c1-2-18-5-3-6-19-11-22(44)12-23(26(18)19)27-29(37)31-28-32(30(27)38)45-16-25-24-8-7-21(39-24)15-43(25)33(28)41-34(40-31)46-17-35-9-4-10-42(35)14-20(36)13-35/h3,5-6,11-12,20-21,24-25,39,44H,2,4,7-10,13-17H2,1H3/t20-,21?,24?,25+,35+/m1/s1. The van der Waals surface area contributed by atoms with Crippen molar-refractivity contribution in [2.45, 2.75) is 75.3 Å². The number of ether oxygens (including phenoxy) is 2. The fourth-order valence-corrected chi connectivity index (χ4v) is 9.01. The van der Waals surface area contributed by atoms with E-state index in [1.54, 1.807) is 6.07 Å². The third kappa shape index (κ3) is 4.13. The van der Waals surface area contributed by atoms with Gasteiger partial charge in [-0.15, -0.1) is 0 Å². The number of aromatic hydroxyl groups is 1. The third-order valence-electron chi connectivity index (χ3n) is 11.1. The van der Waals surface area contributed by atoms with Crippen molar-refractivity contribution >= 4 is 27.5 Å². The van der Waals surface area contributed by atoms with Gasteiger partial charge >= 0.3 is 6.01 Å². The average Bonchev–Trinajstić information content (AvgIpc) is 3.67. The molecule has 3 aromatic carbocycles. The maximum atomic E-state index is 17.1. The highest BCUT2D eigenvalue weighted by Crippen LogP contribution is 2.48. The summed E-state index contributed by atoms with van der Waals surface area (Å²) in [4.78, 5) is 13.7. The Hall–Kier alpha value is -3.83. The number of aromatic nitrogens is 2. The van der Waals surface area contributed by atoms with Crippen LogP contribution in [0, 0.1) is 11.6 Å². The first-order valence-corrected chi connectivity index (χ1v) is 16.5. The van der Waals surface area contributed by atoms with Crippen molar-refractivity contribution in [3.63, 3.8) is 0 Å². The zero-order valence-electron chi connectivity index (χ0n) is 25.7. The topological polar surface area (TPSA) is 83.0 Å². The first kappa shape index (κ1) is 28.4. The number of rotatable bonds is 5. The molecule has 2 N–H and O–H groups in total. The van der Waals surface area contributed by atoms with Crippen LogP contribution in [0.3, 0.4) is 0 Å². The van der Waals surface area contributed by atoms with Crippen LogP contribution in [0.1, 0.15) is 44.6 Å². The molecule has 2 unspecified atom stereocenters. The lowest BCUT2D eigenvalue weighted by Crippen LogP contribution is -2.60. The van der Waals surface area contributed by atoms with Gasteiger partial charge in [0.05, 0.1) is 22.5 Å². The predicted molar refractivity (Wildman–Crippen MR) is 169 cm³/mol. The molecule has 11 heteroatoms. The molecule has 46 heavy (non-hydrogen) atoms. The van der Waals surface area contributed by atoms with Crippen molar-refractivity contribution in [3.05, 3.63) is 47.5 Å². The fourth-order valence-electron chi connectivity index (χ4n) is 9.01. The van der Waals surface area contributed by atoms with E-state index in [1.165, 1.54) is 6.07 Å². The van der Waals surface area contributed by atoms with Crippen LogP contribution in [-0.4, -0.2) is 82.7 Å². The highest BCUT2D eigenvalue weighted by molar-refractivity contribution is 6.05. The smallest absolute Gasteiger partial charge is 0.319 e. The van der Waals surface area contributed by atoms with E-state index in [9.17, 15) is 9.50 Å². The Morgan fingerprint density at radius 3 is 2.89 bits per heavy atom. The Kier molecular flexibility index (Phi) is 6.38. The van der Waals surface area contributed by atoms with E-state index in [1.807, 2.05) is 25.1 Å². The predicted octanol–water partition coefficient (Wildman–Crippen LogP) is 5.65. The number of anilines is 1. The second-order valence-electron chi connectivity index (χ2n) is 13.7. The zero-order chi connectivity index (χ0) is 31.3. The number of phenols is 1. The molecular weight excluding hydrogens is 595 g/mol. The van der Waals surface area contributed by atoms with Crippen LogP contribution < -0.4 is 19.7 Å². The molecule has 5 atom stereocenters. The van der Waals surface area contributed by atoms with Crippen LogP contribution >= 0.6 is 0 Å². The molecule has 4 aromatic rings. The van der Waals surface area contributed by atoms with Gasteiger partial charge in [0.1, 0.15) is 36.5 Å². The summed E-state index contributed by atoms with van der Waals surface area (Å²) in [6.07, 6.45) is 3.80. The van der Waals surface area contributed by atoms with E-state index in [-0.39, 0.29) is 70.9 Å². The summed E-state index contributed by atoms with van der Waals surface area (Å²) < 4.78 is 61.2. The van der Waals surface area contributed by atoms with Crippen LogP contribution in [0.4, 0.5) is 19.0 Å². The Balaban J connectivity index is 1.26. The second-order valence-corrected chi connectivity index (χ2v) is 13.7. The number of alkyl halides is 1. The first-order chi connectivity index (χ1) is 22.3. The lowest BCUT2D eigenvalue weighted by atomic mass is 9.91. The number of aryl methyl sites for hydroxylation is 1. The second kappa shape index (κ2) is 10.3. The molecule has 4 saturated heterocycles. The molecule has 5 aliphatic rings. The lowest BCUT2D eigenvalue weighted by molar-refractivity contribution is 0.107. The first-order valence-electron chi connectivity index (χ1n) is 16.5. The maximum absolute atomic E-state index is 17.1. The van der Waals surface area contributed by atoms with Gasteiger partial charge in [0.25, 0.3) is 0 Å². The normalized spacial score (nSPS) is 28.4. The Bertz CT molecular complexity index is 1910. The highest BCUT2D eigenvalue weighted by Gasteiger charge is 2.50. The molecule has 0 spiro atoms. The number of fused-ring (bicyclic) bond motifs is 7. The van der Waals surface area contributed by atoms with Gasteiger partial charge in [-0.2, -0.15) is 9.97 Å². The Labute approximate surface area is 264 Å². The van der Waals surface area contributed by atoms with Gasteiger partial charge in [-0.25, -0.2) is 13.2 Å². The van der Waals surface area contributed by atoms with Crippen LogP contribution in [0.2, 0.25) is 0 Å². The van der Waals surface area contributed by atoms with Gasteiger partial charge in [0.15, 0.2) is 17.4 Å². The van der Waals surface area contributed by atoms with Crippen LogP contribution in [0.25, 0.3) is 32.8 Å². The number of halogens is 3. The number of hydrogen-bond acceptors (Lipinski definition) is 8. The largest absolute Gasteiger partial charge is 0.508 e. The molecule has 0 radical (unpaired) electrons. The SMILES string of the molecule is CCc1cccc2cc(O)cc(-c3c(F)c4c5c(nc(OC[C@@]67CCCN6C[C@H](F)C7)nc5c3F)N3CC5CCC(N5)[C@@H]3CO4)c12. The van der Waals surface area contributed by atoms with Gasteiger partial charge in [-0.1, -0.05) is 25.1 Å². The summed E-state index contributed by atoms with van der Waals surface area (Å²) in [6, 6.07) is 8.80. The quantitative estimate of drug-likeness (QED) is 0.293. The van der Waals surface area contributed by atoms with E-state index < -0.39 is 23.3 Å².